The normalized spacial score (nSPS) is 25.2. The Morgan fingerprint density at radius 3 is 2.64 bits per heavy atom. The van der Waals surface area contributed by atoms with Gasteiger partial charge in [0.25, 0.3) is 0 Å². The summed E-state index contributed by atoms with van der Waals surface area (Å²) in [5, 5.41) is 18.9. The highest BCUT2D eigenvalue weighted by Crippen LogP contribution is 2.38. The molecule has 0 aromatic carbocycles. The molecule has 0 spiro atoms. The van der Waals surface area contributed by atoms with Crippen molar-refractivity contribution < 1.29 is 19.8 Å². The lowest BCUT2D eigenvalue weighted by Gasteiger charge is -2.33. The topological polar surface area (TPSA) is 74.6 Å². The number of hydrogen-bond acceptors (Lipinski definition) is 3. The number of aliphatic hydroxyl groups is 1. The summed E-state index contributed by atoms with van der Waals surface area (Å²) in [6.07, 6.45) is 8.23. The van der Waals surface area contributed by atoms with Crippen molar-refractivity contribution >= 4 is 11.8 Å². The van der Waals surface area contributed by atoms with Crippen LogP contribution in [0.15, 0.2) is 35.5 Å². The summed E-state index contributed by atoms with van der Waals surface area (Å²) in [7, 11) is 0. The number of carboxylic acid groups (broad SMARTS) is 1. The minimum Gasteiger partial charge on any atom is -0.481 e. The maximum Gasteiger partial charge on any atom is 0.304 e. The lowest BCUT2D eigenvalue weighted by Crippen LogP contribution is -2.38. The Labute approximate surface area is 132 Å². The quantitative estimate of drug-likeness (QED) is 0.707. The van der Waals surface area contributed by atoms with Gasteiger partial charge in [-0.25, -0.2) is 0 Å². The molecule has 0 amide bonds. The first-order chi connectivity index (χ1) is 10.2. The van der Waals surface area contributed by atoms with Crippen molar-refractivity contribution in [1.82, 2.24) is 0 Å². The van der Waals surface area contributed by atoms with Crippen LogP contribution in [-0.2, 0) is 9.59 Å². The van der Waals surface area contributed by atoms with E-state index >= 15 is 0 Å². The van der Waals surface area contributed by atoms with Gasteiger partial charge in [0.1, 0.15) is 0 Å². The molecule has 1 aliphatic rings. The van der Waals surface area contributed by atoms with Crippen molar-refractivity contribution in [2.75, 3.05) is 0 Å². The number of carbonyl (C=O) groups excluding carboxylic acids is 1. The Morgan fingerprint density at radius 1 is 1.36 bits per heavy atom. The number of rotatable bonds is 7. The van der Waals surface area contributed by atoms with Gasteiger partial charge in [-0.3, -0.25) is 9.59 Å². The van der Waals surface area contributed by atoms with Gasteiger partial charge in [-0.1, -0.05) is 29.4 Å². The minimum absolute atomic E-state index is 0.173. The third-order valence-electron chi connectivity index (χ3n) is 4.01. The molecule has 0 radical (unpaired) electrons. The fraction of sp³-hybridized carbons (Fsp3) is 0.556. The third-order valence-corrected chi connectivity index (χ3v) is 4.01. The molecule has 4 heteroatoms. The van der Waals surface area contributed by atoms with Crippen LogP contribution in [0.3, 0.4) is 0 Å². The van der Waals surface area contributed by atoms with Crippen LogP contribution in [0.1, 0.15) is 52.9 Å². The van der Waals surface area contributed by atoms with Crippen LogP contribution in [-0.4, -0.2) is 28.1 Å². The summed E-state index contributed by atoms with van der Waals surface area (Å²) in [5.74, 6) is -1.21. The fourth-order valence-electron chi connectivity index (χ4n) is 2.71. The van der Waals surface area contributed by atoms with Gasteiger partial charge in [-0.2, -0.15) is 0 Å². The number of aliphatic carboxylic acids is 1. The van der Waals surface area contributed by atoms with E-state index in [0.717, 1.165) is 18.4 Å². The maximum atomic E-state index is 12.2. The van der Waals surface area contributed by atoms with Crippen LogP contribution in [0.4, 0.5) is 0 Å². The molecule has 1 rings (SSSR count). The van der Waals surface area contributed by atoms with E-state index in [1.807, 2.05) is 13.0 Å². The predicted molar refractivity (Wildman–Crippen MR) is 86.5 cm³/mol. The second-order valence-electron chi connectivity index (χ2n) is 6.42. The van der Waals surface area contributed by atoms with Gasteiger partial charge < -0.3 is 10.2 Å². The second-order valence-corrected chi connectivity index (χ2v) is 6.42. The van der Waals surface area contributed by atoms with Gasteiger partial charge in [0.05, 0.1) is 12.5 Å². The van der Waals surface area contributed by atoms with E-state index in [-0.39, 0.29) is 18.6 Å². The smallest absolute Gasteiger partial charge is 0.304 e. The van der Waals surface area contributed by atoms with Gasteiger partial charge in [0.2, 0.25) is 0 Å². The standard InChI is InChI=1S/C18H26O4/c1-13(2)5-4-6-14(3)9-10-18(12-17(21)22)11-15(19)7-8-16(18)20/h5,7-9,15,19H,4,6,10-12H2,1-3H3,(H,21,22). The van der Waals surface area contributed by atoms with Crippen molar-refractivity contribution in [1.29, 1.82) is 0 Å². The van der Waals surface area contributed by atoms with Crippen LogP contribution in [0.5, 0.6) is 0 Å². The first-order valence-electron chi connectivity index (χ1n) is 7.67. The van der Waals surface area contributed by atoms with E-state index in [9.17, 15) is 14.7 Å². The monoisotopic (exact) mass is 306 g/mol. The molecule has 1 aliphatic carbocycles. The van der Waals surface area contributed by atoms with Gasteiger partial charge in [-0.15, -0.1) is 0 Å². The molecular weight excluding hydrogens is 280 g/mol. The SMILES string of the molecule is CC(C)=CCCC(C)=CCC1(CC(=O)O)CC(O)C=CC1=O. The third kappa shape index (κ3) is 5.60. The summed E-state index contributed by atoms with van der Waals surface area (Å²) in [4.78, 5) is 23.3. The summed E-state index contributed by atoms with van der Waals surface area (Å²) < 4.78 is 0. The molecule has 2 atom stereocenters. The molecule has 22 heavy (non-hydrogen) atoms. The van der Waals surface area contributed by atoms with Crippen LogP contribution in [0.25, 0.3) is 0 Å². The van der Waals surface area contributed by atoms with Gasteiger partial charge in [0.15, 0.2) is 5.78 Å². The highest BCUT2D eigenvalue weighted by atomic mass is 16.4. The van der Waals surface area contributed by atoms with Crippen molar-refractivity contribution in [2.45, 2.75) is 59.0 Å². The highest BCUT2D eigenvalue weighted by molar-refractivity contribution is 5.98. The Balaban J connectivity index is 2.82. The average molecular weight is 306 g/mol. The average Bonchev–Trinajstić information content (AvgIpc) is 2.40. The molecule has 0 aromatic heterocycles. The van der Waals surface area contributed by atoms with E-state index in [4.69, 9.17) is 5.11 Å². The van der Waals surface area contributed by atoms with Crippen molar-refractivity contribution in [2.24, 2.45) is 5.41 Å². The zero-order chi connectivity index (χ0) is 16.8. The van der Waals surface area contributed by atoms with Crippen LogP contribution in [0, 0.1) is 5.41 Å². The first-order valence-corrected chi connectivity index (χ1v) is 7.67. The van der Waals surface area contributed by atoms with Gasteiger partial charge in [0, 0.05) is 5.41 Å². The van der Waals surface area contributed by atoms with E-state index < -0.39 is 17.5 Å². The number of carbonyl (C=O) groups is 2. The molecule has 0 heterocycles. The number of allylic oxidation sites excluding steroid dienone is 5. The maximum absolute atomic E-state index is 12.2. The second kappa shape index (κ2) is 8.08. The molecule has 2 N–H and O–H groups in total. The Morgan fingerprint density at radius 2 is 2.05 bits per heavy atom. The Kier molecular flexibility index (Phi) is 6.75. The lowest BCUT2D eigenvalue weighted by atomic mass is 9.70. The van der Waals surface area contributed by atoms with E-state index in [1.165, 1.54) is 17.7 Å². The number of ketones is 1. The number of aliphatic hydroxyl groups excluding tert-OH is 1. The largest absolute Gasteiger partial charge is 0.481 e. The molecule has 0 fully saturated rings. The minimum atomic E-state index is -1.02. The Hall–Kier alpha value is -1.68. The molecule has 0 aliphatic heterocycles. The summed E-state index contributed by atoms with van der Waals surface area (Å²) >= 11 is 0. The summed E-state index contributed by atoms with van der Waals surface area (Å²) in [5.41, 5.74) is 1.39. The van der Waals surface area contributed by atoms with E-state index in [0.29, 0.717) is 6.42 Å². The van der Waals surface area contributed by atoms with Gasteiger partial charge in [-0.05, 0) is 52.5 Å². The molecule has 0 aromatic rings. The molecule has 2 unspecified atom stereocenters. The lowest BCUT2D eigenvalue weighted by molar-refractivity contribution is -0.144. The van der Waals surface area contributed by atoms with Crippen molar-refractivity contribution in [3.8, 4) is 0 Å². The first kappa shape index (κ1) is 18.4. The number of carboxylic acids is 1. The van der Waals surface area contributed by atoms with Crippen LogP contribution >= 0.6 is 0 Å². The predicted octanol–water partition coefficient (Wildman–Crippen LogP) is 3.42. The number of hydrogen-bond donors (Lipinski definition) is 2. The summed E-state index contributed by atoms with van der Waals surface area (Å²) in [6, 6.07) is 0. The molecule has 4 nitrogen and oxygen atoms in total. The van der Waals surface area contributed by atoms with E-state index in [1.54, 1.807) is 0 Å². The molecule has 0 bridgehead atoms. The van der Waals surface area contributed by atoms with Crippen LogP contribution < -0.4 is 0 Å². The molecular formula is C18H26O4. The van der Waals surface area contributed by atoms with Crippen LogP contribution in [0.2, 0.25) is 0 Å². The Bertz CT molecular complexity index is 509. The molecule has 0 saturated heterocycles. The summed E-state index contributed by atoms with van der Waals surface area (Å²) in [6.45, 7) is 6.09. The zero-order valence-corrected chi connectivity index (χ0v) is 13.6. The highest BCUT2D eigenvalue weighted by Gasteiger charge is 2.41. The molecule has 122 valence electrons. The zero-order valence-electron chi connectivity index (χ0n) is 13.6. The fourth-order valence-corrected chi connectivity index (χ4v) is 2.71. The molecule has 0 saturated carbocycles. The van der Waals surface area contributed by atoms with Gasteiger partial charge >= 0.3 is 5.97 Å². The van der Waals surface area contributed by atoms with E-state index in [2.05, 4.69) is 19.9 Å². The van der Waals surface area contributed by atoms with Crippen molar-refractivity contribution in [3.05, 3.63) is 35.5 Å². The van der Waals surface area contributed by atoms with Crippen molar-refractivity contribution in [3.63, 3.8) is 0 Å².